The van der Waals surface area contributed by atoms with Gasteiger partial charge < -0.3 is 9.90 Å². The van der Waals surface area contributed by atoms with Crippen LogP contribution in [0.15, 0.2) is 24.3 Å². The van der Waals surface area contributed by atoms with Gasteiger partial charge in [0, 0.05) is 16.9 Å². The minimum absolute atomic E-state index is 0.0862. The smallest absolute Gasteiger partial charge is 0.416 e. The van der Waals surface area contributed by atoms with E-state index in [1.165, 1.54) is 18.2 Å². The highest BCUT2D eigenvalue weighted by molar-refractivity contribution is 6.32. The molecule has 2 nitrogen and oxygen atoms in total. The molecule has 20 heavy (non-hydrogen) atoms. The van der Waals surface area contributed by atoms with E-state index in [1.54, 1.807) is 13.8 Å². The highest BCUT2D eigenvalue weighted by Crippen LogP contribution is 2.32. The maximum atomic E-state index is 12.5. The number of rotatable bonds is 4. The first-order valence-electron chi connectivity index (χ1n) is 5.88. The van der Waals surface area contributed by atoms with Crippen molar-refractivity contribution in [3.8, 4) is 0 Å². The van der Waals surface area contributed by atoms with Crippen LogP contribution in [0.25, 0.3) is 6.08 Å². The molecule has 0 saturated heterocycles. The second-order valence-corrected chi connectivity index (χ2v) is 5.09. The van der Waals surface area contributed by atoms with Crippen molar-refractivity contribution in [3.05, 3.63) is 40.4 Å². The minimum atomic E-state index is -4.46. The zero-order chi connectivity index (χ0) is 15.5. The van der Waals surface area contributed by atoms with Crippen molar-refractivity contribution in [3.63, 3.8) is 0 Å². The highest BCUT2D eigenvalue weighted by atomic mass is 35.5. The van der Waals surface area contributed by atoms with E-state index in [0.29, 0.717) is 5.56 Å². The second kappa shape index (κ2) is 6.31. The Morgan fingerprint density at radius 2 is 1.95 bits per heavy atom. The first-order valence-corrected chi connectivity index (χ1v) is 6.26. The summed E-state index contributed by atoms with van der Waals surface area (Å²) in [5, 5.41) is 10.8. The molecule has 0 aromatic heterocycles. The van der Waals surface area contributed by atoms with Crippen molar-refractivity contribution in [2.24, 2.45) is 11.8 Å². The van der Waals surface area contributed by atoms with Crippen LogP contribution in [0.3, 0.4) is 0 Å². The number of hydrogen-bond acceptors (Lipinski definition) is 2. The van der Waals surface area contributed by atoms with Crippen LogP contribution in [0.2, 0.25) is 5.02 Å². The molecule has 0 bridgehead atoms. The predicted molar refractivity (Wildman–Crippen MR) is 68.8 cm³/mol. The molecular weight excluding hydrogens is 293 g/mol. The van der Waals surface area contributed by atoms with Gasteiger partial charge in [-0.2, -0.15) is 13.2 Å². The van der Waals surface area contributed by atoms with Gasteiger partial charge in [-0.05, 0) is 23.6 Å². The van der Waals surface area contributed by atoms with E-state index in [2.05, 4.69) is 0 Å². The normalized spacial score (nSPS) is 13.9. The predicted octanol–water partition coefficient (Wildman–Crippen LogP) is 3.39. The summed E-state index contributed by atoms with van der Waals surface area (Å²) in [5.41, 5.74) is -0.522. The Balaban J connectivity index is 3.02. The molecule has 0 amide bonds. The van der Waals surface area contributed by atoms with Crippen LogP contribution in [0.5, 0.6) is 0 Å². The zero-order valence-corrected chi connectivity index (χ0v) is 11.6. The van der Waals surface area contributed by atoms with Gasteiger partial charge in [-0.15, -0.1) is 0 Å². The largest absolute Gasteiger partial charge is 0.550 e. The summed E-state index contributed by atoms with van der Waals surface area (Å²) in [6.07, 6.45) is -1.70. The summed E-state index contributed by atoms with van der Waals surface area (Å²) in [4.78, 5) is 10.9. The van der Waals surface area contributed by atoms with Crippen molar-refractivity contribution >= 4 is 23.6 Å². The molecule has 0 fully saturated rings. The summed E-state index contributed by atoms with van der Waals surface area (Å²) in [6, 6.07) is 2.91. The Bertz CT molecular complexity index is 522. The van der Waals surface area contributed by atoms with E-state index in [-0.39, 0.29) is 10.9 Å². The molecule has 110 valence electrons. The summed E-state index contributed by atoms with van der Waals surface area (Å²) in [6.45, 7) is 3.42. The Kier molecular flexibility index (Phi) is 5.22. The SMILES string of the molecule is CC(C)C(/C=C/c1ccc(C(F)(F)F)cc1Cl)C(=O)[O-]. The van der Waals surface area contributed by atoms with Gasteiger partial charge in [0.1, 0.15) is 0 Å². The van der Waals surface area contributed by atoms with Crippen molar-refractivity contribution in [2.45, 2.75) is 20.0 Å². The Morgan fingerprint density at radius 1 is 1.35 bits per heavy atom. The Morgan fingerprint density at radius 3 is 2.35 bits per heavy atom. The number of halogens is 4. The first kappa shape index (κ1) is 16.6. The third-order valence-electron chi connectivity index (χ3n) is 2.80. The second-order valence-electron chi connectivity index (χ2n) is 4.68. The molecule has 6 heteroatoms. The van der Waals surface area contributed by atoms with Crippen LogP contribution in [-0.4, -0.2) is 5.97 Å². The van der Waals surface area contributed by atoms with Crippen molar-refractivity contribution in [1.29, 1.82) is 0 Å². The lowest BCUT2D eigenvalue weighted by Crippen LogP contribution is -2.33. The number of aliphatic carboxylic acids is 1. The molecule has 0 aliphatic heterocycles. The van der Waals surface area contributed by atoms with Crippen LogP contribution < -0.4 is 5.11 Å². The molecule has 0 N–H and O–H groups in total. The van der Waals surface area contributed by atoms with Crippen LogP contribution in [0, 0.1) is 11.8 Å². The van der Waals surface area contributed by atoms with Gasteiger partial charge in [-0.3, -0.25) is 0 Å². The number of carbonyl (C=O) groups is 1. The maximum absolute atomic E-state index is 12.5. The third-order valence-corrected chi connectivity index (χ3v) is 3.13. The molecule has 1 unspecified atom stereocenters. The fourth-order valence-electron chi connectivity index (χ4n) is 1.62. The summed E-state index contributed by atoms with van der Waals surface area (Å²) in [5.74, 6) is -2.25. The maximum Gasteiger partial charge on any atom is 0.416 e. The lowest BCUT2D eigenvalue weighted by molar-refractivity contribution is -0.310. The van der Waals surface area contributed by atoms with Gasteiger partial charge in [0.25, 0.3) is 0 Å². The molecule has 0 aliphatic carbocycles. The van der Waals surface area contributed by atoms with Gasteiger partial charge in [0.15, 0.2) is 0 Å². The Labute approximate surface area is 119 Å². The average molecular weight is 306 g/mol. The molecule has 0 aliphatic rings. The highest BCUT2D eigenvalue weighted by Gasteiger charge is 2.30. The van der Waals surface area contributed by atoms with E-state index in [4.69, 9.17) is 11.6 Å². The van der Waals surface area contributed by atoms with Gasteiger partial charge in [-0.1, -0.05) is 43.7 Å². The number of carboxylic acids is 1. The lowest BCUT2D eigenvalue weighted by atomic mass is 9.95. The molecular formula is C14H13ClF3O2-. The fraction of sp³-hybridized carbons (Fsp3) is 0.357. The molecule has 1 aromatic carbocycles. The molecule has 1 rings (SSSR count). The summed E-state index contributed by atoms with van der Waals surface area (Å²) in [7, 11) is 0. The van der Waals surface area contributed by atoms with Gasteiger partial charge in [0.05, 0.1) is 5.56 Å². The minimum Gasteiger partial charge on any atom is -0.550 e. The lowest BCUT2D eigenvalue weighted by Gasteiger charge is -2.17. The number of benzene rings is 1. The summed E-state index contributed by atoms with van der Waals surface area (Å²) < 4.78 is 37.4. The number of hydrogen-bond donors (Lipinski definition) is 0. The van der Waals surface area contributed by atoms with Crippen molar-refractivity contribution < 1.29 is 23.1 Å². The van der Waals surface area contributed by atoms with Crippen LogP contribution in [0.4, 0.5) is 13.2 Å². The monoisotopic (exact) mass is 305 g/mol. The van der Waals surface area contributed by atoms with Gasteiger partial charge in [-0.25, -0.2) is 0 Å². The molecule has 1 aromatic rings. The van der Waals surface area contributed by atoms with E-state index >= 15 is 0 Å². The average Bonchev–Trinajstić information content (AvgIpc) is 2.28. The molecule has 0 spiro atoms. The number of alkyl halides is 3. The number of carboxylic acid groups (broad SMARTS) is 1. The van der Waals surface area contributed by atoms with E-state index in [1.807, 2.05) is 0 Å². The van der Waals surface area contributed by atoms with Crippen molar-refractivity contribution in [2.75, 3.05) is 0 Å². The summed E-state index contributed by atoms with van der Waals surface area (Å²) >= 11 is 5.76. The quantitative estimate of drug-likeness (QED) is 0.855. The molecule has 0 heterocycles. The van der Waals surface area contributed by atoms with Crippen LogP contribution in [-0.2, 0) is 11.0 Å². The Hall–Kier alpha value is -1.49. The third kappa shape index (κ3) is 4.27. The van der Waals surface area contributed by atoms with Crippen LogP contribution in [0.1, 0.15) is 25.0 Å². The van der Waals surface area contributed by atoms with Crippen molar-refractivity contribution in [1.82, 2.24) is 0 Å². The van der Waals surface area contributed by atoms with Gasteiger partial charge in [0.2, 0.25) is 0 Å². The zero-order valence-electron chi connectivity index (χ0n) is 10.9. The fourth-order valence-corrected chi connectivity index (χ4v) is 1.86. The number of carbonyl (C=O) groups excluding carboxylic acids is 1. The first-order chi connectivity index (χ1) is 9.12. The van der Waals surface area contributed by atoms with E-state index in [9.17, 15) is 23.1 Å². The van der Waals surface area contributed by atoms with E-state index < -0.39 is 23.6 Å². The van der Waals surface area contributed by atoms with E-state index in [0.717, 1.165) is 12.1 Å². The standard InChI is InChI=1S/C14H14ClF3O2/c1-8(2)11(13(19)20)6-4-9-3-5-10(7-12(9)15)14(16,17)18/h3-8,11H,1-2H3,(H,19,20)/p-1/b6-4+. The topological polar surface area (TPSA) is 40.1 Å². The molecule has 1 atom stereocenters. The van der Waals surface area contributed by atoms with Crippen LogP contribution >= 0.6 is 11.6 Å². The molecule has 0 saturated carbocycles. The van der Waals surface area contributed by atoms with Gasteiger partial charge >= 0.3 is 6.18 Å². The molecule has 0 radical (unpaired) electrons.